The second-order valence-corrected chi connectivity index (χ2v) is 6.90. The minimum absolute atomic E-state index is 0.533. The average Bonchev–Trinajstić information content (AvgIpc) is 2.92. The second-order valence-electron chi connectivity index (χ2n) is 6.90. The molecule has 0 amide bonds. The molecule has 3 heteroatoms. The fourth-order valence-electron chi connectivity index (χ4n) is 3.65. The molecule has 3 rings (SSSR count). The third kappa shape index (κ3) is 4.89. The first kappa shape index (κ1) is 17.1. The van der Waals surface area contributed by atoms with E-state index in [0.29, 0.717) is 12.0 Å². The topological polar surface area (TPSA) is 28.2 Å². The van der Waals surface area contributed by atoms with Crippen LogP contribution in [0.25, 0.3) is 0 Å². The smallest absolute Gasteiger partial charge is 0.0544 e. The highest BCUT2D eigenvalue weighted by Gasteiger charge is 2.22. The van der Waals surface area contributed by atoms with Gasteiger partial charge in [-0.05, 0) is 56.0 Å². The Morgan fingerprint density at radius 3 is 2.71 bits per heavy atom. The Morgan fingerprint density at radius 2 is 1.92 bits per heavy atom. The summed E-state index contributed by atoms with van der Waals surface area (Å²) in [7, 11) is 0. The summed E-state index contributed by atoms with van der Waals surface area (Å²) in [4.78, 5) is 7.22. The predicted octanol–water partition coefficient (Wildman–Crippen LogP) is 3.83. The van der Waals surface area contributed by atoms with Gasteiger partial charge in [0.2, 0.25) is 0 Å². The summed E-state index contributed by atoms with van der Waals surface area (Å²) < 4.78 is 0. The summed E-state index contributed by atoms with van der Waals surface area (Å²) in [5.74, 6) is 0.533. The van der Waals surface area contributed by atoms with E-state index in [2.05, 4.69) is 64.6 Å². The Labute approximate surface area is 146 Å². The van der Waals surface area contributed by atoms with Gasteiger partial charge in [0.05, 0.1) is 5.69 Å². The lowest BCUT2D eigenvalue weighted by molar-refractivity contribution is 0.162. The van der Waals surface area contributed by atoms with E-state index < -0.39 is 0 Å². The fourth-order valence-corrected chi connectivity index (χ4v) is 3.65. The molecular weight excluding hydrogens is 294 g/mol. The van der Waals surface area contributed by atoms with Crippen molar-refractivity contribution >= 4 is 0 Å². The molecule has 0 saturated carbocycles. The Kier molecular flexibility index (Phi) is 6.39. The van der Waals surface area contributed by atoms with Crippen molar-refractivity contribution in [3.8, 4) is 0 Å². The molecular formula is C21H29N3. The van der Waals surface area contributed by atoms with Crippen LogP contribution in [0.5, 0.6) is 0 Å². The first-order valence-electron chi connectivity index (χ1n) is 9.22. The molecule has 1 fully saturated rings. The zero-order valence-electron chi connectivity index (χ0n) is 14.7. The summed E-state index contributed by atoms with van der Waals surface area (Å²) in [6.07, 6.45) is 5.68. The van der Waals surface area contributed by atoms with Crippen LogP contribution in [-0.2, 0) is 6.54 Å². The number of benzene rings is 1. The maximum absolute atomic E-state index is 4.56. The van der Waals surface area contributed by atoms with E-state index in [1.54, 1.807) is 0 Å². The fraction of sp³-hybridized carbons (Fsp3) is 0.476. The first-order chi connectivity index (χ1) is 11.8. The summed E-state index contributed by atoms with van der Waals surface area (Å²) >= 11 is 0. The zero-order valence-corrected chi connectivity index (χ0v) is 14.7. The van der Waals surface area contributed by atoms with E-state index in [9.17, 15) is 0 Å². The van der Waals surface area contributed by atoms with E-state index in [4.69, 9.17) is 0 Å². The molecule has 1 aliphatic heterocycles. The predicted molar refractivity (Wildman–Crippen MR) is 100 cm³/mol. The number of aromatic nitrogens is 1. The average molecular weight is 323 g/mol. The van der Waals surface area contributed by atoms with Crippen LogP contribution >= 0.6 is 0 Å². The molecule has 3 nitrogen and oxygen atoms in total. The van der Waals surface area contributed by atoms with Crippen LogP contribution in [0.15, 0.2) is 54.7 Å². The van der Waals surface area contributed by atoms with Gasteiger partial charge in [0, 0.05) is 25.3 Å². The van der Waals surface area contributed by atoms with Crippen molar-refractivity contribution in [3.05, 3.63) is 66.0 Å². The lowest BCUT2D eigenvalue weighted by Gasteiger charge is -2.33. The van der Waals surface area contributed by atoms with Gasteiger partial charge in [-0.1, -0.05) is 43.3 Å². The molecule has 2 heterocycles. The van der Waals surface area contributed by atoms with E-state index in [0.717, 1.165) is 26.2 Å². The molecule has 0 radical (unpaired) electrons. The van der Waals surface area contributed by atoms with Crippen LogP contribution in [0.2, 0.25) is 0 Å². The molecule has 2 aromatic rings. The van der Waals surface area contributed by atoms with Crippen molar-refractivity contribution in [1.29, 1.82) is 0 Å². The number of hydrogen-bond acceptors (Lipinski definition) is 3. The van der Waals surface area contributed by atoms with Gasteiger partial charge >= 0.3 is 0 Å². The molecule has 0 spiro atoms. The quantitative estimate of drug-likeness (QED) is 0.876. The van der Waals surface area contributed by atoms with Gasteiger partial charge < -0.3 is 5.32 Å². The van der Waals surface area contributed by atoms with E-state index in [1.807, 2.05) is 12.3 Å². The molecule has 1 saturated heterocycles. The summed E-state index contributed by atoms with van der Waals surface area (Å²) in [6.45, 7) is 6.66. The minimum Gasteiger partial charge on any atom is -0.317 e. The summed E-state index contributed by atoms with van der Waals surface area (Å²) in [5, 5.41) is 3.54. The molecule has 2 atom stereocenters. The van der Waals surface area contributed by atoms with Gasteiger partial charge in [0.25, 0.3) is 0 Å². The summed E-state index contributed by atoms with van der Waals surface area (Å²) in [5.41, 5.74) is 2.60. The van der Waals surface area contributed by atoms with Crippen molar-refractivity contribution in [3.63, 3.8) is 0 Å². The van der Waals surface area contributed by atoms with Gasteiger partial charge in [0.1, 0.15) is 0 Å². The van der Waals surface area contributed by atoms with E-state index >= 15 is 0 Å². The number of hydrogen-bond donors (Lipinski definition) is 1. The number of pyridine rings is 1. The highest BCUT2D eigenvalue weighted by atomic mass is 15.2. The van der Waals surface area contributed by atoms with Crippen molar-refractivity contribution in [2.45, 2.75) is 44.7 Å². The number of nitrogens with one attached hydrogen (secondary N) is 1. The lowest BCUT2D eigenvalue weighted by Crippen LogP contribution is -2.38. The van der Waals surface area contributed by atoms with Crippen molar-refractivity contribution < 1.29 is 0 Å². The molecule has 1 N–H and O–H groups in total. The lowest BCUT2D eigenvalue weighted by atomic mass is 9.98. The highest BCUT2D eigenvalue weighted by molar-refractivity contribution is 5.19. The Balaban J connectivity index is 1.73. The van der Waals surface area contributed by atoms with Crippen molar-refractivity contribution in [1.82, 2.24) is 15.2 Å². The van der Waals surface area contributed by atoms with Gasteiger partial charge in [-0.2, -0.15) is 0 Å². The largest absolute Gasteiger partial charge is 0.317 e. The molecule has 1 aliphatic rings. The number of rotatable bonds is 6. The van der Waals surface area contributed by atoms with Gasteiger partial charge in [-0.25, -0.2) is 0 Å². The zero-order chi connectivity index (χ0) is 16.6. The Hall–Kier alpha value is -1.71. The van der Waals surface area contributed by atoms with Crippen LogP contribution in [-0.4, -0.2) is 35.6 Å². The van der Waals surface area contributed by atoms with Gasteiger partial charge in [0.15, 0.2) is 0 Å². The monoisotopic (exact) mass is 323 g/mol. The summed E-state index contributed by atoms with van der Waals surface area (Å²) in [6, 6.07) is 17.8. The van der Waals surface area contributed by atoms with Gasteiger partial charge in [-0.3, -0.25) is 9.88 Å². The Morgan fingerprint density at radius 1 is 1.08 bits per heavy atom. The molecule has 1 aromatic carbocycles. The van der Waals surface area contributed by atoms with Crippen molar-refractivity contribution in [2.75, 3.05) is 19.6 Å². The van der Waals surface area contributed by atoms with E-state index in [1.165, 1.54) is 30.5 Å². The van der Waals surface area contributed by atoms with Crippen LogP contribution in [0.1, 0.15) is 43.4 Å². The van der Waals surface area contributed by atoms with E-state index in [-0.39, 0.29) is 0 Å². The number of nitrogens with zero attached hydrogens (tertiary/aromatic N) is 2. The first-order valence-corrected chi connectivity index (χ1v) is 9.22. The molecule has 24 heavy (non-hydrogen) atoms. The third-order valence-corrected chi connectivity index (χ3v) is 5.03. The minimum atomic E-state index is 0.533. The van der Waals surface area contributed by atoms with Gasteiger partial charge in [-0.15, -0.1) is 0 Å². The molecule has 0 aliphatic carbocycles. The maximum Gasteiger partial charge on any atom is 0.0544 e. The SMILES string of the molecule is CC(CN(Cc1ccccn1)C1CCCNCC1)c1ccccc1. The van der Waals surface area contributed by atoms with Crippen molar-refractivity contribution in [2.24, 2.45) is 0 Å². The van der Waals surface area contributed by atoms with Crippen LogP contribution in [0.4, 0.5) is 0 Å². The van der Waals surface area contributed by atoms with Crippen LogP contribution in [0, 0.1) is 0 Å². The molecule has 0 bridgehead atoms. The normalized spacial score (nSPS) is 19.8. The Bertz CT molecular complexity index is 577. The second kappa shape index (κ2) is 8.95. The molecule has 1 aromatic heterocycles. The molecule has 2 unspecified atom stereocenters. The standard InChI is InChI=1S/C21H29N3/c1-18(19-8-3-2-4-9-19)16-24(17-20-10-5-6-14-23-20)21-11-7-13-22-15-12-21/h2-6,8-10,14,18,21-22H,7,11-13,15-17H2,1H3. The third-order valence-electron chi connectivity index (χ3n) is 5.03. The maximum atomic E-state index is 4.56. The molecule has 128 valence electrons. The van der Waals surface area contributed by atoms with Crippen LogP contribution in [0.3, 0.4) is 0 Å². The van der Waals surface area contributed by atoms with Crippen LogP contribution < -0.4 is 5.32 Å². The highest BCUT2D eigenvalue weighted by Crippen LogP contribution is 2.22.